The fraction of sp³-hybridized carbons (Fsp3) is 0.360. The Bertz CT molecular complexity index is 1250. The van der Waals surface area contributed by atoms with Crippen molar-refractivity contribution < 1.29 is 4.79 Å². The number of pyridine rings is 1. The van der Waals surface area contributed by atoms with E-state index in [1.54, 1.807) is 19.1 Å². The molecule has 0 spiro atoms. The van der Waals surface area contributed by atoms with Crippen LogP contribution < -0.4 is 21.9 Å². The van der Waals surface area contributed by atoms with Crippen molar-refractivity contribution in [2.75, 3.05) is 17.2 Å². The zero-order valence-electron chi connectivity index (χ0n) is 19.6. The van der Waals surface area contributed by atoms with Gasteiger partial charge in [0.2, 0.25) is 0 Å². The number of H-pyrrole nitrogens is 1. The van der Waals surface area contributed by atoms with E-state index in [1.165, 1.54) is 9.47 Å². The van der Waals surface area contributed by atoms with E-state index in [0.717, 1.165) is 17.7 Å². The molecule has 8 heteroatoms. The molecule has 174 valence electrons. The van der Waals surface area contributed by atoms with Gasteiger partial charge in [-0.15, -0.1) is 0 Å². The standard InChI is InChI=1S/C25H31N5O3/c1-5-6-14-29(21-22(26)30(15-16(2)3)25(33)28-23(21)31)24(32)19-12-13-20(27-17(19)4)18-10-8-7-9-11-18/h7-13,16H,5-6,14-15,26H2,1-4H3,(H,28,31,33). The topological polar surface area (TPSA) is 114 Å². The number of nitrogens with one attached hydrogen (secondary N) is 1. The summed E-state index contributed by atoms with van der Waals surface area (Å²) in [5, 5.41) is 0. The molecule has 2 aromatic heterocycles. The summed E-state index contributed by atoms with van der Waals surface area (Å²) in [6.45, 7) is 8.28. The van der Waals surface area contributed by atoms with Crippen molar-refractivity contribution in [3.05, 3.63) is 74.6 Å². The van der Waals surface area contributed by atoms with Crippen LogP contribution in [0.2, 0.25) is 0 Å². The Labute approximate surface area is 193 Å². The molecule has 0 fully saturated rings. The molecule has 0 aliphatic rings. The Balaban J connectivity index is 2.08. The third-order valence-corrected chi connectivity index (χ3v) is 5.40. The van der Waals surface area contributed by atoms with Crippen LogP contribution in [-0.4, -0.2) is 27.0 Å². The van der Waals surface area contributed by atoms with Gasteiger partial charge in [0.1, 0.15) is 5.82 Å². The van der Waals surface area contributed by atoms with E-state index in [9.17, 15) is 14.4 Å². The van der Waals surface area contributed by atoms with Crippen LogP contribution in [0.3, 0.4) is 0 Å². The predicted octanol–water partition coefficient (Wildman–Crippen LogP) is 3.59. The van der Waals surface area contributed by atoms with Crippen LogP contribution in [0.1, 0.15) is 49.7 Å². The third kappa shape index (κ3) is 5.22. The molecular weight excluding hydrogens is 418 g/mol. The molecule has 8 nitrogen and oxygen atoms in total. The molecule has 1 aromatic carbocycles. The number of benzene rings is 1. The summed E-state index contributed by atoms with van der Waals surface area (Å²) in [6.07, 6.45) is 1.49. The molecule has 2 heterocycles. The number of hydrogen-bond acceptors (Lipinski definition) is 5. The molecule has 1 amide bonds. The molecule has 0 saturated carbocycles. The number of anilines is 2. The fourth-order valence-corrected chi connectivity index (χ4v) is 3.72. The lowest BCUT2D eigenvalue weighted by Crippen LogP contribution is -2.42. The molecule has 0 radical (unpaired) electrons. The van der Waals surface area contributed by atoms with Crippen molar-refractivity contribution >= 4 is 17.4 Å². The third-order valence-electron chi connectivity index (χ3n) is 5.40. The number of unbranched alkanes of at least 4 members (excludes halogenated alkanes) is 1. The second-order valence-corrected chi connectivity index (χ2v) is 8.50. The predicted molar refractivity (Wildman–Crippen MR) is 132 cm³/mol. The maximum Gasteiger partial charge on any atom is 0.330 e. The van der Waals surface area contributed by atoms with E-state index in [1.807, 2.05) is 51.1 Å². The highest BCUT2D eigenvalue weighted by Gasteiger charge is 2.26. The highest BCUT2D eigenvalue weighted by Crippen LogP contribution is 2.24. The zero-order chi connectivity index (χ0) is 24.1. The van der Waals surface area contributed by atoms with Gasteiger partial charge >= 0.3 is 5.69 Å². The van der Waals surface area contributed by atoms with E-state index in [-0.39, 0.29) is 23.3 Å². The molecule has 3 aromatic rings. The van der Waals surface area contributed by atoms with Gasteiger partial charge in [-0.1, -0.05) is 57.5 Å². The van der Waals surface area contributed by atoms with E-state index in [4.69, 9.17) is 5.73 Å². The molecule has 3 N–H and O–H groups in total. The largest absolute Gasteiger partial charge is 0.383 e. The summed E-state index contributed by atoms with van der Waals surface area (Å²) in [5.41, 5.74) is 7.68. The smallest absolute Gasteiger partial charge is 0.330 e. The quantitative estimate of drug-likeness (QED) is 0.545. The first-order valence-electron chi connectivity index (χ1n) is 11.2. The summed E-state index contributed by atoms with van der Waals surface area (Å²) in [6, 6.07) is 13.2. The first kappa shape index (κ1) is 24.0. The molecule has 0 bridgehead atoms. The van der Waals surface area contributed by atoms with Crippen molar-refractivity contribution in [1.29, 1.82) is 0 Å². The second-order valence-electron chi connectivity index (χ2n) is 8.50. The monoisotopic (exact) mass is 449 g/mol. The maximum absolute atomic E-state index is 13.6. The van der Waals surface area contributed by atoms with Crippen LogP contribution in [0.15, 0.2) is 52.1 Å². The van der Waals surface area contributed by atoms with E-state index < -0.39 is 11.2 Å². The lowest BCUT2D eigenvalue weighted by molar-refractivity contribution is 0.0985. The average Bonchev–Trinajstić information content (AvgIpc) is 2.78. The summed E-state index contributed by atoms with van der Waals surface area (Å²) in [5.74, 6) is -0.256. The molecular formula is C25H31N5O3. The van der Waals surface area contributed by atoms with Crippen LogP contribution in [0.4, 0.5) is 11.5 Å². The first-order valence-corrected chi connectivity index (χ1v) is 11.2. The number of aryl methyl sites for hydroxylation is 1. The number of aromatic amines is 1. The van der Waals surface area contributed by atoms with Gasteiger partial charge in [-0.2, -0.15) is 0 Å². The van der Waals surface area contributed by atoms with Crippen LogP contribution in [0.5, 0.6) is 0 Å². The summed E-state index contributed by atoms with van der Waals surface area (Å²) in [4.78, 5) is 47.1. The van der Waals surface area contributed by atoms with Gasteiger partial charge in [0.05, 0.1) is 17.0 Å². The number of amides is 1. The minimum absolute atomic E-state index is 0.000218. The highest BCUT2D eigenvalue weighted by atomic mass is 16.2. The normalized spacial score (nSPS) is 11.1. The van der Waals surface area contributed by atoms with Crippen molar-refractivity contribution in [3.63, 3.8) is 0 Å². The molecule has 0 aliphatic carbocycles. The number of nitrogens with two attached hydrogens (primary N) is 1. The van der Waals surface area contributed by atoms with Crippen molar-refractivity contribution in [3.8, 4) is 11.3 Å². The van der Waals surface area contributed by atoms with E-state index in [2.05, 4.69) is 9.97 Å². The molecule has 0 saturated heterocycles. The minimum Gasteiger partial charge on any atom is -0.383 e. The van der Waals surface area contributed by atoms with Crippen LogP contribution in [-0.2, 0) is 6.54 Å². The van der Waals surface area contributed by atoms with Crippen LogP contribution >= 0.6 is 0 Å². The summed E-state index contributed by atoms with van der Waals surface area (Å²) >= 11 is 0. The van der Waals surface area contributed by atoms with Gasteiger partial charge in [-0.05, 0) is 31.4 Å². The number of carbonyl (C=O) groups excluding carboxylic acids is 1. The van der Waals surface area contributed by atoms with Gasteiger partial charge in [-0.25, -0.2) is 4.79 Å². The molecule has 33 heavy (non-hydrogen) atoms. The zero-order valence-corrected chi connectivity index (χ0v) is 19.6. The Hall–Kier alpha value is -3.68. The number of nitrogen functional groups attached to an aromatic ring is 1. The van der Waals surface area contributed by atoms with Gasteiger partial charge < -0.3 is 10.6 Å². The van der Waals surface area contributed by atoms with E-state index >= 15 is 0 Å². The Morgan fingerprint density at radius 3 is 2.45 bits per heavy atom. The minimum atomic E-state index is -0.673. The number of hydrogen-bond donors (Lipinski definition) is 2. The SMILES string of the molecule is CCCCN(C(=O)c1ccc(-c2ccccc2)nc1C)c1c(N)n(CC(C)C)c(=O)[nH]c1=O. The Kier molecular flexibility index (Phi) is 7.48. The Morgan fingerprint density at radius 2 is 1.85 bits per heavy atom. The van der Waals surface area contributed by atoms with Crippen LogP contribution in [0.25, 0.3) is 11.3 Å². The lowest BCUT2D eigenvalue weighted by atomic mass is 10.1. The number of nitrogens with zero attached hydrogens (tertiary/aromatic N) is 3. The average molecular weight is 450 g/mol. The highest BCUT2D eigenvalue weighted by molar-refractivity contribution is 6.08. The summed E-state index contributed by atoms with van der Waals surface area (Å²) in [7, 11) is 0. The molecule has 0 atom stereocenters. The van der Waals surface area contributed by atoms with Gasteiger partial charge in [0, 0.05) is 18.7 Å². The Morgan fingerprint density at radius 1 is 1.15 bits per heavy atom. The molecule has 3 rings (SSSR count). The number of carbonyl (C=O) groups is 1. The summed E-state index contributed by atoms with van der Waals surface area (Å²) < 4.78 is 1.32. The van der Waals surface area contributed by atoms with Crippen molar-refractivity contribution in [1.82, 2.24) is 14.5 Å². The van der Waals surface area contributed by atoms with Gasteiger partial charge in [-0.3, -0.25) is 24.1 Å². The van der Waals surface area contributed by atoms with Crippen molar-refractivity contribution in [2.24, 2.45) is 5.92 Å². The molecule has 0 aliphatic heterocycles. The first-order chi connectivity index (χ1) is 15.7. The number of aromatic nitrogens is 3. The van der Waals surface area contributed by atoms with Gasteiger partial charge in [0.25, 0.3) is 11.5 Å². The van der Waals surface area contributed by atoms with Crippen molar-refractivity contribution in [2.45, 2.75) is 47.1 Å². The lowest BCUT2D eigenvalue weighted by Gasteiger charge is -2.25. The fourth-order valence-electron chi connectivity index (χ4n) is 3.72. The molecule has 0 unspecified atom stereocenters. The van der Waals surface area contributed by atoms with Gasteiger partial charge in [0.15, 0.2) is 5.69 Å². The van der Waals surface area contributed by atoms with E-state index in [0.29, 0.717) is 30.8 Å². The van der Waals surface area contributed by atoms with Crippen LogP contribution in [0, 0.1) is 12.8 Å². The number of rotatable bonds is 8. The second kappa shape index (κ2) is 10.3. The maximum atomic E-state index is 13.6.